The molecule has 0 fully saturated rings. The molecular formula is C8H7BrN2O. The van der Waals surface area contributed by atoms with Crippen LogP contribution >= 0.6 is 15.9 Å². The van der Waals surface area contributed by atoms with E-state index in [1.54, 1.807) is 6.92 Å². The van der Waals surface area contributed by atoms with Crippen LogP contribution in [0.2, 0.25) is 0 Å². The zero-order valence-electron chi connectivity index (χ0n) is 6.54. The standard InChI is InChI=1S/C8H7BrN2O/c1-3-4-11-6(2)10-5-7(9)8(11)12/h1,5H,4H2,2H3. The molecule has 0 aliphatic heterocycles. The summed E-state index contributed by atoms with van der Waals surface area (Å²) in [4.78, 5) is 15.3. The van der Waals surface area contributed by atoms with Gasteiger partial charge >= 0.3 is 0 Å². The van der Waals surface area contributed by atoms with Crippen molar-refractivity contribution >= 4 is 15.9 Å². The number of rotatable bonds is 1. The summed E-state index contributed by atoms with van der Waals surface area (Å²) >= 11 is 3.09. The highest BCUT2D eigenvalue weighted by Gasteiger charge is 2.02. The number of halogens is 1. The van der Waals surface area contributed by atoms with Crippen molar-refractivity contribution < 1.29 is 0 Å². The van der Waals surface area contributed by atoms with Crippen LogP contribution in [0.3, 0.4) is 0 Å². The molecule has 0 spiro atoms. The topological polar surface area (TPSA) is 34.9 Å². The normalized spacial score (nSPS) is 9.42. The maximum absolute atomic E-state index is 11.4. The third kappa shape index (κ3) is 1.56. The van der Waals surface area contributed by atoms with Gasteiger partial charge in [-0.15, -0.1) is 6.42 Å². The van der Waals surface area contributed by atoms with Crippen molar-refractivity contribution in [2.75, 3.05) is 0 Å². The first-order chi connectivity index (χ1) is 5.66. The van der Waals surface area contributed by atoms with Gasteiger partial charge in [0.1, 0.15) is 10.3 Å². The van der Waals surface area contributed by atoms with Crippen LogP contribution in [0.15, 0.2) is 15.5 Å². The van der Waals surface area contributed by atoms with Gasteiger partial charge in [-0.2, -0.15) is 0 Å². The van der Waals surface area contributed by atoms with E-state index in [4.69, 9.17) is 6.42 Å². The molecule has 1 aromatic heterocycles. The summed E-state index contributed by atoms with van der Waals surface area (Å²) in [5.41, 5.74) is -0.138. The number of hydrogen-bond donors (Lipinski definition) is 0. The van der Waals surface area contributed by atoms with Gasteiger partial charge < -0.3 is 0 Å². The molecule has 0 atom stereocenters. The second kappa shape index (κ2) is 3.55. The number of nitrogens with zero attached hydrogens (tertiary/aromatic N) is 2. The van der Waals surface area contributed by atoms with E-state index >= 15 is 0 Å². The fourth-order valence-electron chi connectivity index (χ4n) is 0.828. The maximum atomic E-state index is 11.4. The quantitative estimate of drug-likeness (QED) is 0.669. The first-order valence-electron chi connectivity index (χ1n) is 3.32. The summed E-state index contributed by atoms with van der Waals surface area (Å²) in [6.45, 7) is 2.00. The Bertz CT molecular complexity index is 389. The predicted molar refractivity (Wildman–Crippen MR) is 49.8 cm³/mol. The summed E-state index contributed by atoms with van der Waals surface area (Å²) in [6.07, 6.45) is 6.57. The molecule has 1 heterocycles. The van der Waals surface area contributed by atoms with E-state index in [0.717, 1.165) is 0 Å². The monoisotopic (exact) mass is 226 g/mol. The number of hydrogen-bond acceptors (Lipinski definition) is 2. The van der Waals surface area contributed by atoms with Crippen molar-refractivity contribution in [1.29, 1.82) is 0 Å². The number of aryl methyl sites for hydroxylation is 1. The molecule has 0 amide bonds. The van der Waals surface area contributed by atoms with Crippen LogP contribution in [0.5, 0.6) is 0 Å². The lowest BCUT2D eigenvalue weighted by atomic mass is 10.5. The molecule has 0 radical (unpaired) electrons. The Morgan fingerprint density at radius 1 is 1.83 bits per heavy atom. The molecule has 0 unspecified atom stereocenters. The van der Waals surface area contributed by atoms with Gasteiger partial charge in [0, 0.05) is 6.20 Å². The third-order valence-corrected chi connectivity index (χ3v) is 2.00. The predicted octanol–water partition coefficient (Wildman–Crippen LogP) is 0.947. The summed E-state index contributed by atoms with van der Waals surface area (Å²) in [5.74, 6) is 3.02. The second-order valence-corrected chi connectivity index (χ2v) is 3.10. The van der Waals surface area contributed by atoms with Crippen LogP contribution in [0.1, 0.15) is 5.82 Å². The molecule has 0 saturated carbocycles. The van der Waals surface area contributed by atoms with E-state index in [2.05, 4.69) is 26.8 Å². The van der Waals surface area contributed by atoms with Crippen LogP contribution in [-0.2, 0) is 6.54 Å². The average molecular weight is 227 g/mol. The minimum absolute atomic E-state index is 0.138. The Morgan fingerprint density at radius 2 is 2.50 bits per heavy atom. The first kappa shape index (κ1) is 9.01. The van der Waals surface area contributed by atoms with Crippen molar-refractivity contribution in [1.82, 2.24) is 9.55 Å². The Morgan fingerprint density at radius 3 is 3.08 bits per heavy atom. The Labute approximate surface area is 78.6 Å². The van der Waals surface area contributed by atoms with Crippen molar-refractivity contribution in [3.05, 3.63) is 26.8 Å². The maximum Gasteiger partial charge on any atom is 0.268 e. The van der Waals surface area contributed by atoms with E-state index < -0.39 is 0 Å². The van der Waals surface area contributed by atoms with Gasteiger partial charge in [0.25, 0.3) is 5.56 Å². The molecule has 3 nitrogen and oxygen atoms in total. The minimum Gasteiger partial charge on any atom is -0.284 e. The Hall–Kier alpha value is -1.08. The highest BCUT2D eigenvalue weighted by atomic mass is 79.9. The zero-order valence-corrected chi connectivity index (χ0v) is 8.13. The fourth-order valence-corrected chi connectivity index (χ4v) is 1.14. The van der Waals surface area contributed by atoms with Gasteiger partial charge in [-0.25, -0.2) is 4.98 Å². The minimum atomic E-state index is -0.138. The van der Waals surface area contributed by atoms with Gasteiger partial charge in [-0.1, -0.05) is 5.92 Å². The summed E-state index contributed by atoms with van der Waals surface area (Å²) in [6, 6.07) is 0. The van der Waals surface area contributed by atoms with Gasteiger partial charge in [-0.05, 0) is 22.9 Å². The molecule has 12 heavy (non-hydrogen) atoms. The molecular weight excluding hydrogens is 220 g/mol. The van der Waals surface area contributed by atoms with E-state index in [0.29, 0.717) is 10.3 Å². The average Bonchev–Trinajstić information content (AvgIpc) is 2.06. The molecule has 0 bridgehead atoms. The molecule has 1 rings (SSSR count). The van der Waals surface area contributed by atoms with Crippen LogP contribution in [-0.4, -0.2) is 9.55 Å². The molecule has 0 N–H and O–H groups in total. The SMILES string of the molecule is C#CCn1c(C)ncc(Br)c1=O. The van der Waals surface area contributed by atoms with Crippen molar-refractivity contribution in [2.24, 2.45) is 0 Å². The van der Waals surface area contributed by atoms with Crippen molar-refractivity contribution in [3.63, 3.8) is 0 Å². The van der Waals surface area contributed by atoms with Crippen molar-refractivity contribution in [3.8, 4) is 12.3 Å². The lowest BCUT2D eigenvalue weighted by Crippen LogP contribution is -2.23. The van der Waals surface area contributed by atoms with E-state index in [-0.39, 0.29) is 12.1 Å². The second-order valence-electron chi connectivity index (χ2n) is 2.25. The third-order valence-electron chi connectivity index (χ3n) is 1.45. The van der Waals surface area contributed by atoms with Crippen LogP contribution < -0.4 is 5.56 Å². The van der Waals surface area contributed by atoms with Crippen molar-refractivity contribution in [2.45, 2.75) is 13.5 Å². The summed E-state index contributed by atoms with van der Waals surface area (Å²) < 4.78 is 1.87. The molecule has 0 aliphatic carbocycles. The van der Waals surface area contributed by atoms with Crippen LogP contribution in [0.25, 0.3) is 0 Å². The molecule has 0 aliphatic rings. The smallest absolute Gasteiger partial charge is 0.268 e. The number of terminal acetylenes is 1. The highest BCUT2D eigenvalue weighted by molar-refractivity contribution is 9.10. The van der Waals surface area contributed by atoms with Gasteiger partial charge in [0.05, 0.1) is 6.54 Å². The Kier molecular flexibility index (Phi) is 2.66. The fraction of sp³-hybridized carbons (Fsp3) is 0.250. The van der Waals surface area contributed by atoms with E-state index in [1.165, 1.54) is 10.8 Å². The molecule has 62 valence electrons. The molecule has 1 aromatic rings. The van der Waals surface area contributed by atoms with Gasteiger partial charge in [0.15, 0.2) is 0 Å². The number of aromatic nitrogens is 2. The van der Waals surface area contributed by atoms with Gasteiger partial charge in [-0.3, -0.25) is 9.36 Å². The van der Waals surface area contributed by atoms with E-state index in [9.17, 15) is 4.79 Å². The highest BCUT2D eigenvalue weighted by Crippen LogP contribution is 2.00. The van der Waals surface area contributed by atoms with Crippen LogP contribution in [0, 0.1) is 19.3 Å². The van der Waals surface area contributed by atoms with E-state index in [1.807, 2.05) is 0 Å². The Balaban J connectivity index is 3.35. The molecule has 4 heteroatoms. The summed E-state index contributed by atoms with van der Waals surface area (Å²) in [7, 11) is 0. The summed E-state index contributed by atoms with van der Waals surface area (Å²) in [5, 5.41) is 0. The lowest BCUT2D eigenvalue weighted by Gasteiger charge is -2.04. The van der Waals surface area contributed by atoms with Crippen LogP contribution in [0.4, 0.5) is 0 Å². The molecule has 0 saturated heterocycles. The largest absolute Gasteiger partial charge is 0.284 e. The lowest BCUT2D eigenvalue weighted by molar-refractivity contribution is 0.722. The zero-order chi connectivity index (χ0) is 9.14. The molecule has 0 aromatic carbocycles. The first-order valence-corrected chi connectivity index (χ1v) is 4.11. The van der Waals surface area contributed by atoms with Gasteiger partial charge in [0.2, 0.25) is 0 Å².